The van der Waals surface area contributed by atoms with Crippen LogP contribution in [0.2, 0.25) is 0 Å². The van der Waals surface area contributed by atoms with E-state index >= 15 is 0 Å². The third kappa shape index (κ3) is 4.51. The second-order valence-corrected chi connectivity index (χ2v) is 6.39. The molecule has 0 bridgehead atoms. The number of aliphatic hydroxyl groups is 1. The lowest BCUT2D eigenvalue weighted by atomic mass is 10.1. The molecule has 0 aliphatic rings. The topological polar surface area (TPSA) is 54.3 Å². The molecule has 0 radical (unpaired) electrons. The molecule has 0 saturated heterocycles. The molecular weight excluding hydrogens is 284 g/mol. The molecule has 0 spiro atoms. The maximum Gasteiger partial charge on any atom is 0.221 e. The van der Waals surface area contributed by atoms with Gasteiger partial charge in [0.1, 0.15) is 0 Å². The summed E-state index contributed by atoms with van der Waals surface area (Å²) in [6.45, 7) is 2.67. The quantitative estimate of drug-likeness (QED) is 0.825. The minimum atomic E-state index is -0.852. The number of hydrogen-bond donors (Lipinski definition) is 2. The van der Waals surface area contributed by atoms with Crippen molar-refractivity contribution in [3.05, 3.63) is 36.5 Å². The molecule has 5 heteroatoms. The number of benzene rings is 1. The highest BCUT2D eigenvalue weighted by Gasteiger charge is 2.20. The Bertz CT molecular complexity index is 607. The van der Waals surface area contributed by atoms with Crippen molar-refractivity contribution in [2.45, 2.75) is 25.5 Å². The molecule has 21 heavy (non-hydrogen) atoms. The zero-order valence-electron chi connectivity index (χ0n) is 12.5. The van der Waals surface area contributed by atoms with E-state index in [-0.39, 0.29) is 5.91 Å². The number of hydrogen-bond acceptors (Lipinski definition) is 3. The van der Waals surface area contributed by atoms with Gasteiger partial charge in [0.2, 0.25) is 5.91 Å². The lowest BCUT2D eigenvalue weighted by molar-refractivity contribution is -0.122. The lowest BCUT2D eigenvalue weighted by Gasteiger charge is -2.22. The highest BCUT2D eigenvalue weighted by molar-refractivity contribution is 7.98. The lowest BCUT2D eigenvalue weighted by Crippen LogP contribution is -2.42. The summed E-state index contributed by atoms with van der Waals surface area (Å²) in [5.74, 6) is 0.573. The summed E-state index contributed by atoms with van der Waals surface area (Å²) in [6.07, 6.45) is 4.35. The fourth-order valence-corrected chi connectivity index (χ4v) is 3.02. The van der Waals surface area contributed by atoms with Crippen LogP contribution < -0.4 is 5.32 Å². The molecule has 0 saturated carbocycles. The first kappa shape index (κ1) is 15.9. The largest absolute Gasteiger partial charge is 0.387 e. The molecule has 4 nitrogen and oxygen atoms in total. The number of para-hydroxylation sites is 1. The van der Waals surface area contributed by atoms with Gasteiger partial charge < -0.3 is 15.0 Å². The van der Waals surface area contributed by atoms with Crippen LogP contribution >= 0.6 is 11.8 Å². The van der Waals surface area contributed by atoms with Gasteiger partial charge in [-0.3, -0.25) is 4.79 Å². The van der Waals surface area contributed by atoms with Gasteiger partial charge in [0, 0.05) is 37.0 Å². The van der Waals surface area contributed by atoms with Gasteiger partial charge in [-0.1, -0.05) is 18.2 Å². The highest BCUT2D eigenvalue weighted by Crippen LogP contribution is 2.15. The number of nitrogens with zero attached hydrogens (tertiary/aromatic N) is 1. The van der Waals surface area contributed by atoms with Gasteiger partial charge in [-0.25, -0.2) is 0 Å². The van der Waals surface area contributed by atoms with Gasteiger partial charge in [-0.15, -0.1) is 0 Å². The number of carbonyl (C=O) groups is 1. The van der Waals surface area contributed by atoms with Crippen LogP contribution in [0.3, 0.4) is 0 Å². The minimum absolute atomic E-state index is 0.0332. The van der Waals surface area contributed by atoms with Gasteiger partial charge in [0.25, 0.3) is 0 Å². The molecule has 2 N–H and O–H groups in total. The number of thioether (sulfide) groups is 1. The highest BCUT2D eigenvalue weighted by atomic mass is 32.2. The van der Waals surface area contributed by atoms with Gasteiger partial charge in [0.15, 0.2) is 0 Å². The summed E-state index contributed by atoms with van der Waals surface area (Å²) in [6, 6.07) is 10.2. The number of fused-ring (bicyclic) bond motifs is 1. The number of amides is 1. The monoisotopic (exact) mass is 306 g/mol. The number of carbonyl (C=O) groups excluding carboxylic acids is 1. The Balaban J connectivity index is 1.84. The van der Waals surface area contributed by atoms with Crippen LogP contribution in [0.4, 0.5) is 0 Å². The van der Waals surface area contributed by atoms with Crippen molar-refractivity contribution in [2.24, 2.45) is 0 Å². The average molecular weight is 306 g/mol. The molecular formula is C16H22N2O2S. The van der Waals surface area contributed by atoms with Crippen LogP contribution in [-0.4, -0.2) is 39.7 Å². The first-order valence-corrected chi connectivity index (χ1v) is 8.43. The van der Waals surface area contributed by atoms with Crippen molar-refractivity contribution in [1.29, 1.82) is 0 Å². The molecule has 1 amide bonds. The van der Waals surface area contributed by atoms with Gasteiger partial charge in [0.05, 0.1) is 5.60 Å². The van der Waals surface area contributed by atoms with E-state index in [4.69, 9.17) is 0 Å². The first-order valence-electron chi connectivity index (χ1n) is 7.04. The molecule has 114 valence electrons. The minimum Gasteiger partial charge on any atom is -0.387 e. The molecule has 1 heterocycles. The molecule has 1 aromatic heterocycles. The Labute approximate surface area is 129 Å². The third-order valence-electron chi connectivity index (χ3n) is 3.38. The summed E-state index contributed by atoms with van der Waals surface area (Å²) in [7, 11) is 0. The Morgan fingerprint density at radius 3 is 2.90 bits per heavy atom. The fraction of sp³-hybridized carbons (Fsp3) is 0.438. The second-order valence-electron chi connectivity index (χ2n) is 5.52. The van der Waals surface area contributed by atoms with E-state index in [1.807, 2.05) is 24.6 Å². The van der Waals surface area contributed by atoms with Crippen LogP contribution in [0.15, 0.2) is 36.5 Å². The van der Waals surface area contributed by atoms with Crippen LogP contribution in [0.25, 0.3) is 10.9 Å². The summed E-state index contributed by atoms with van der Waals surface area (Å²) >= 11 is 1.57. The van der Waals surface area contributed by atoms with Crippen molar-refractivity contribution in [3.8, 4) is 0 Å². The Kier molecular flexibility index (Phi) is 5.31. The summed E-state index contributed by atoms with van der Waals surface area (Å²) < 4.78 is 2.08. The summed E-state index contributed by atoms with van der Waals surface area (Å²) in [5, 5.41) is 14.0. The van der Waals surface area contributed by atoms with Gasteiger partial charge >= 0.3 is 0 Å². The van der Waals surface area contributed by atoms with Crippen molar-refractivity contribution >= 4 is 28.6 Å². The van der Waals surface area contributed by atoms with Crippen LogP contribution in [-0.2, 0) is 11.3 Å². The standard InChI is InChI=1S/C16H22N2O2S/c1-16(20,12-21-2)11-17-15(19)8-10-18-9-7-13-5-3-4-6-14(13)18/h3-7,9,20H,8,10-12H2,1-2H3,(H,17,19)/t16-/m1/s1. The zero-order valence-corrected chi connectivity index (χ0v) is 13.3. The van der Waals surface area contributed by atoms with Crippen LogP contribution in [0, 0.1) is 0 Å². The van der Waals surface area contributed by atoms with E-state index < -0.39 is 5.60 Å². The molecule has 2 rings (SSSR count). The van der Waals surface area contributed by atoms with E-state index in [2.05, 4.69) is 28.1 Å². The van der Waals surface area contributed by atoms with Crippen molar-refractivity contribution in [3.63, 3.8) is 0 Å². The normalized spacial score (nSPS) is 14.0. The second kappa shape index (κ2) is 7.00. The first-order chi connectivity index (χ1) is 10.0. The Morgan fingerprint density at radius 1 is 1.38 bits per heavy atom. The van der Waals surface area contributed by atoms with E-state index in [1.54, 1.807) is 18.7 Å². The maximum atomic E-state index is 11.9. The number of rotatable bonds is 7. The van der Waals surface area contributed by atoms with Gasteiger partial charge in [-0.2, -0.15) is 11.8 Å². The predicted molar refractivity (Wildman–Crippen MR) is 88.6 cm³/mol. The molecule has 0 unspecified atom stereocenters. The molecule has 1 aromatic carbocycles. The van der Waals surface area contributed by atoms with E-state index in [0.717, 1.165) is 5.52 Å². The Hall–Kier alpha value is -1.46. The predicted octanol–water partition coefficient (Wildman–Crippen LogP) is 2.26. The maximum absolute atomic E-state index is 11.9. The molecule has 1 atom stereocenters. The van der Waals surface area contributed by atoms with Crippen LogP contribution in [0.5, 0.6) is 0 Å². The average Bonchev–Trinajstić information content (AvgIpc) is 2.86. The zero-order chi connectivity index (χ0) is 15.3. The van der Waals surface area contributed by atoms with Crippen molar-refractivity contribution in [1.82, 2.24) is 9.88 Å². The van der Waals surface area contributed by atoms with Gasteiger partial charge in [-0.05, 0) is 30.7 Å². The number of nitrogens with one attached hydrogen (secondary N) is 1. The van der Waals surface area contributed by atoms with E-state index in [1.165, 1.54) is 5.39 Å². The molecule has 0 aliphatic carbocycles. The van der Waals surface area contributed by atoms with Crippen molar-refractivity contribution in [2.75, 3.05) is 18.6 Å². The van der Waals surface area contributed by atoms with E-state index in [0.29, 0.717) is 25.3 Å². The van der Waals surface area contributed by atoms with Crippen LogP contribution in [0.1, 0.15) is 13.3 Å². The van der Waals surface area contributed by atoms with Crippen molar-refractivity contribution < 1.29 is 9.90 Å². The summed E-state index contributed by atoms with van der Waals surface area (Å²) in [5.41, 5.74) is 0.287. The molecule has 2 aromatic rings. The number of aromatic nitrogens is 1. The molecule has 0 aliphatic heterocycles. The Morgan fingerprint density at radius 2 is 2.14 bits per heavy atom. The summed E-state index contributed by atoms with van der Waals surface area (Å²) in [4.78, 5) is 11.9. The third-order valence-corrected chi connectivity index (χ3v) is 4.29. The SMILES string of the molecule is CSC[C@](C)(O)CNC(=O)CCn1ccc2ccccc21. The smallest absolute Gasteiger partial charge is 0.221 e. The molecule has 0 fully saturated rings. The van der Waals surface area contributed by atoms with E-state index in [9.17, 15) is 9.90 Å². The number of aryl methyl sites for hydroxylation is 1. The fourth-order valence-electron chi connectivity index (χ4n) is 2.30.